The lowest BCUT2D eigenvalue weighted by Gasteiger charge is -2.11. The second-order valence-corrected chi connectivity index (χ2v) is 3.13. The van der Waals surface area contributed by atoms with E-state index in [1.807, 2.05) is 0 Å². The van der Waals surface area contributed by atoms with Gasteiger partial charge in [-0.1, -0.05) is 0 Å². The number of benzene rings is 1. The first-order valence-electron chi connectivity index (χ1n) is 3.82. The topological polar surface area (TPSA) is 23.5 Å². The molecule has 1 N–H and O–H groups in total. The maximum absolute atomic E-state index is 12.8. The zero-order valence-electron chi connectivity index (χ0n) is 7.92. The third kappa shape index (κ3) is 3.12. The van der Waals surface area contributed by atoms with Gasteiger partial charge in [0.15, 0.2) is 11.6 Å². The normalized spacial score (nSPS) is 10.1. The predicted octanol–water partition coefficient (Wildman–Crippen LogP) is 2.15. The SMILES string of the molecule is CN(C)Cc1cc(F)cc(F)c1O.Cl. The highest BCUT2D eigenvalue weighted by atomic mass is 35.5. The van der Waals surface area contributed by atoms with Crippen LogP contribution in [0.2, 0.25) is 0 Å². The van der Waals surface area contributed by atoms with E-state index < -0.39 is 17.4 Å². The Bertz CT molecular complexity index is 318. The van der Waals surface area contributed by atoms with Crippen molar-refractivity contribution < 1.29 is 13.9 Å². The van der Waals surface area contributed by atoms with Gasteiger partial charge in [-0.05, 0) is 20.2 Å². The van der Waals surface area contributed by atoms with Crippen LogP contribution in [0.4, 0.5) is 8.78 Å². The minimum Gasteiger partial charge on any atom is -0.505 e. The van der Waals surface area contributed by atoms with Crippen LogP contribution in [0, 0.1) is 11.6 Å². The number of halogens is 3. The first-order valence-corrected chi connectivity index (χ1v) is 3.82. The first kappa shape index (κ1) is 13.1. The van der Waals surface area contributed by atoms with Crippen molar-refractivity contribution in [2.24, 2.45) is 0 Å². The number of hydrogen-bond acceptors (Lipinski definition) is 2. The van der Waals surface area contributed by atoms with E-state index in [-0.39, 0.29) is 18.0 Å². The fraction of sp³-hybridized carbons (Fsp3) is 0.333. The van der Waals surface area contributed by atoms with Crippen LogP contribution in [-0.4, -0.2) is 24.1 Å². The third-order valence-electron chi connectivity index (χ3n) is 1.59. The molecule has 80 valence electrons. The van der Waals surface area contributed by atoms with E-state index >= 15 is 0 Å². The summed E-state index contributed by atoms with van der Waals surface area (Å²) in [5, 5.41) is 9.20. The van der Waals surface area contributed by atoms with Gasteiger partial charge in [-0.2, -0.15) is 0 Å². The highest BCUT2D eigenvalue weighted by Gasteiger charge is 2.10. The second kappa shape index (κ2) is 5.12. The summed E-state index contributed by atoms with van der Waals surface area (Å²) in [5.74, 6) is -2.07. The van der Waals surface area contributed by atoms with Gasteiger partial charge < -0.3 is 10.0 Å². The maximum atomic E-state index is 12.8. The zero-order valence-corrected chi connectivity index (χ0v) is 8.74. The Morgan fingerprint density at radius 3 is 2.36 bits per heavy atom. The van der Waals surface area contributed by atoms with Gasteiger partial charge in [0.05, 0.1) is 0 Å². The Labute approximate surface area is 87.6 Å². The number of phenolic OH excluding ortho intramolecular Hbond substituents is 1. The molecule has 0 radical (unpaired) electrons. The molecule has 0 bridgehead atoms. The van der Waals surface area contributed by atoms with E-state index in [0.717, 1.165) is 6.07 Å². The molecule has 0 aromatic heterocycles. The molecule has 0 spiro atoms. The first-order chi connectivity index (χ1) is 6.00. The molecule has 0 heterocycles. The van der Waals surface area contributed by atoms with E-state index in [4.69, 9.17) is 0 Å². The molecule has 0 aliphatic rings. The van der Waals surface area contributed by atoms with Crippen LogP contribution < -0.4 is 0 Å². The minimum absolute atomic E-state index is 0. The van der Waals surface area contributed by atoms with Crippen LogP contribution in [0.25, 0.3) is 0 Å². The zero-order chi connectivity index (χ0) is 10.0. The molecule has 1 aromatic rings. The van der Waals surface area contributed by atoms with Crippen LogP contribution in [0.1, 0.15) is 5.56 Å². The predicted molar refractivity (Wildman–Crippen MR) is 52.7 cm³/mol. The van der Waals surface area contributed by atoms with Crippen molar-refractivity contribution in [1.29, 1.82) is 0 Å². The summed E-state index contributed by atoms with van der Waals surface area (Å²) < 4.78 is 25.5. The lowest BCUT2D eigenvalue weighted by atomic mass is 10.2. The van der Waals surface area contributed by atoms with Crippen LogP contribution in [0.15, 0.2) is 12.1 Å². The van der Waals surface area contributed by atoms with Crippen LogP contribution in [0.5, 0.6) is 5.75 Å². The molecular weight excluding hydrogens is 212 g/mol. The molecule has 2 nitrogen and oxygen atoms in total. The quantitative estimate of drug-likeness (QED) is 0.831. The molecule has 5 heteroatoms. The molecule has 1 aromatic carbocycles. The molecule has 0 aliphatic carbocycles. The van der Waals surface area contributed by atoms with Gasteiger partial charge in [0.2, 0.25) is 0 Å². The Morgan fingerprint density at radius 1 is 1.29 bits per heavy atom. The number of nitrogens with zero attached hydrogens (tertiary/aromatic N) is 1. The summed E-state index contributed by atoms with van der Waals surface area (Å²) >= 11 is 0. The summed E-state index contributed by atoms with van der Waals surface area (Å²) in [6, 6.07) is 1.78. The van der Waals surface area contributed by atoms with Gasteiger partial charge in [-0.3, -0.25) is 0 Å². The van der Waals surface area contributed by atoms with Crippen molar-refractivity contribution in [3.8, 4) is 5.75 Å². The van der Waals surface area contributed by atoms with Crippen molar-refractivity contribution in [2.45, 2.75) is 6.54 Å². The maximum Gasteiger partial charge on any atom is 0.168 e. The Balaban J connectivity index is 0.00000169. The molecule has 14 heavy (non-hydrogen) atoms. The lowest BCUT2D eigenvalue weighted by Crippen LogP contribution is -2.11. The van der Waals surface area contributed by atoms with Crippen molar-refractivity contribution in [2.75, 3.05) is 14.1 Å². The molecule has 0 atom stereocenters. The highest BCUT2D eigenvalue weighted by Crippen LogP contribution is 2.23. The molecule has 0 fully saturated rings. The minimum atomic E-state index is -0.920. The van der Waals surface area contributed by atoms with Crippen molar-refractivity contribution in [3.05, 3.63) is 29.3 Å². The van der Waals surface area contributed by atoms with Crippen molar-refractivity contribution in [3.63, 3.8) is 0 Å². The molecule has 1 rings (SSSR count). The van der Waals surface area contributed by atoms with Crippen LogP contribution >= 0.6 is 12.4 Å². The number of hydrogen-bond donors (Lipinski definition) is 1. The Morgan fingerprint density at radius 2 is 1.86 bits per heavy atom. The highest BCUT2D eigenvalue weighted by molar-refractivity contribution is 5.85. The van der Waals surface area contributed by atoms with Gasteiger partial charge in [0.25, 0.3) is 0 Å². The standard InChI is InChI=1S/C9H11F2NO.ClH/c1-12(2)5-6-3-7(10)4-8(11)9(6)13;/h3-4,13H,5H2,1-2H3;1H. The largest absolute Gasteiger partial charge is 0.505 e. The summed E-state index contributed by atoms with van der Waals surface area (Å²) in [7, 11) is 3.50. The summed E-state index contributed by atoms with van der Waals surface area (Å²) in [6.07, 6.45) is 0. The fourth-order valence-electron chi connectivity index (χ4n) is 1.08. The average molecular weight is 224 g/mol. The van der Waals surface area contributed by atoms with Crippen molar-refractivity contribution >= 4 is 12.4 Å². The van der Waals surface area contributed by atoms with Crippen molar-refractivity contribution in [1.82, 2.24) is 4.90 Å². The molecule has 0 aliphatic heterocycles. The number of phenols is 1. The average Bonchev–Trinajstić information content (AvgIpc) is 1.98. The second-order valence-electron chi connectivity index (χ2n) is 3.13. The smallest absolute Gasteiger partial charge is 0.168 e. The molecule has 0 unspecified atom stereocenters. The third-order valence-corrected chi connectivity index (χ3v) is 1.59. The monoisotopic (exact) mass is 223 g/mol. The molecular formula is C9H12ClF2NO. The summed E-state index contributed by atoms with van der Waals surface area (Å²) in [5.41, 5.74) is 0.252. The van der Waals surface area contributed by atoms with Gasteiger partial charge in [-0.15, -0.1) is 12.4 Å². The summed E-state index contributed by atoms with van der Waals surface area (Å²) in [4.78, 5) is 1.72. The van der Waals surface area contributed by atoms with Crippen LogP contribution in [0.3, 0.4) is 0 Å². The van der Waals surface area contributed by atoms with E-state index in [2.05, 4.69) is 0 Å². The van der Waals surface area contributed by atoms with Gasteiger partial charge >= 0.3 is 0 Å². The molecule has 0 saturated carbocycles. The van der Waals surface area contributed by atoms with E-state index in [1.54, 1.807) is 19.0 Å². The number of rotatable bonds is 2. The Hall–Kier alpha value is -0.870. The van der Waals surface area contributed by atoms with Gasteiger partial charge in [0, 0.05) is 18.2 Å². The van der Waals surface area contributed by atoms with E-state index in [1.165, 1.54) is 0 Å². The molecule has 0 saturated heterocycles. The summed E-state index contributed by atoms with van der Waals surface area (Å²) in [6.45, 7) is 0.306. The van der Waals surface area contributed by atoms with E-state index in [0.29, 0.717) is 12.6 Å². The van der Waals surface area contributed by atoms with Gasteiger partial charge in [-0.25, -0.2) is 8.78 Å². The lowest BCUT2D eigenvalue weighted by molar-refractivity contribution is 0.372. The molecule has 0 amide bonds. The van der Waals surface area contributed by atoms with Crippen LogP contribution in [-0.2, 0) is 6.54 Å². The number of aromatic hydroxyl groups is 1. The fourth-order valence-corrected chi connectivity index (χ4v) is 1.08. The Kier molecular flexibility index (Phi) is 4.80. The van der Waals surface area contributed by atoms with Gasteiger partial charge in [0.1, 0.15) is 5.82 Å². The van der Waals surface area contributed by atoms with E-state index in [9.17, 15) is 13.9 Å².